The number of benzene rings is 1. The Hall–Kier alpha value is -1.35. The minimum absolute atomic E-state index is 0.335. The van der Waals surface area contributed by atoms with Gasteiger partial charge >= 0.3 is 0 Å². The van der Waals surface area contributed by atoms with E-state index in [2.05, 4.69) is 41.0 Å². The first-order valence-electron chi connectivity index (χ1n) is 10.2. The van der Waals surface area contributed by atoms with Crippen LogP contribution in [0.15, 0.2) is 24.3 Å². The molecule has 136 valence electrons. The van der Waals surface area contributed by atoms with Crippen molar-refractivity contribution < 1.29 is 4.79 Å². The maximum absolute atomic E-state index is 12.8. The highest BCUT2D eigenvalue weighted by Gasteiger charge is 2.43. The minimum Gasteiger partial charge on any atom is -0.342 e. The van der Waals surface area contributed by atoms with E-state index in [9.17, 15) is 4.79 Å². The molecule has 4 rings (SSSR count). The van der Waals surface area contributed by atoms with E-state index >= 15 is 0 Å². The number of likely N-dealkylation sites (tertiary alicyclic amines) is 2. The summed E-state index contributed by atoms with van der Waals surface area (Å²) in [6.45, 7) is 7.59. The molecule has 0 N–H and O–H groups in total. The average Bonchev–Trinajstić information content (AvgIpc) is 3.25. The van der Waals surface area contributed by atoms with E-state index in [1.54, 1.807) is 0 Å². The Bertz CT molecular complexity index is 622. The normalized spacial score (nSPS) is 28.1. The van der Waals surface area contributed by atoms with E-state index in [1.807, 2.05) is 0 Å². The van der Waals surface area contributed by atoms with Gasteiger partial charge in [-0.2, -0.15) is 0 Å². The predicted octanol–water partition coefficient (Wildman–Crippen LogP) is 4.00. The molecule has 1 unspecified atom stereocenters. The van der Waals surface area contributed by atoms with E-state index in [-0.39, 0.29) is 0 Å². The van der Waals surface area contributed by atoms with Crippen LogP contribution in [0.2, 0.25) is 0 Å². The number of rotatable bonds is 3. The van der Waals surface area contributed by atoms with Gasteiger partial charge in [0.05, 0.1) is 0 Å². The molecule has 3 fully saturated rings. The van der Waals surface area contributed by atoms with Gasteiger partial charge in [-0.3, -0.25) is 9.69 Å². The lowest BCUT2D eigenvalue weighted by Gasteiger charge is -2.40. The Kier molecular flexibility index (Phi) is 4.86. The zero-order valence-electron chi connectivity index (χ0n) is 15.7. The topological polar surface area (TPSA) is 23.6 Å². The molecule has 2 saturated heterocycles. The number of carbonyl (C=O) groups is 1. The van der Waals surface area contributed by atoms with Gasteiger partial charge in [-0.1, -0.05) is 42.7 Å². The summed E-state index contributed by atoms with van der Waals surface area (Å²) in [7, 11) is 0. The average molecular weight is 341 g/mol. The van der Waals surface area contributed by atoms with Crippen molar-refractivity contribution in [1.82, 2.24) is 9.80 Å². The molecular formula is C22H32N2O. The molecule has 1 atom stereocenters. The number of carbonyl (C=O) groups excluding carboxylic acids is 1. The van der Waals surface area contributed by atoms with Gasteiger partial charge in [0.2, 0.25) is 5.91 Å². The van der Waals surface area contributed by atoms with Crippen molar-refractivity contribution in [2.45, 2.75) is 58.4 Å². The van der Waals surface area contributed by atoms with Crippen molar-refractivity contribution in [3.63, 3.8) is 0 Å². The number of aryl methyl sites for hydroxylation is 1. The largest absolute Gasteiger partial charge is 0.342 e. The highest BCUT2D eigenvalue weighted by molar-refractivity contribution is 5.79. The first kappa shape index (κ1) is 17.1. The van der Waals surface area contributed by atoms with Gasteiger partial charge in [-0.25, -0.2) is 0 Å². The summed E-state index contributed by atoms with van der Waals surface area (Å²) in [6, 6.07) is 8.90. The molecular weight excluding hydrogens is 308 g/mol. The quantitative estimate of drug-likeness (QED) is 0.830. The molecule has 1 aromatic carbocycles. The van der Waals surface area contributed by atoms with E-state index in [0.717, 1.165) is 39.0 Å². The fraction of sp³-hybridized carbons (Fsp3) is 0.682. The zero-order valence-corrected chi connectivity index (χ0v) is 15.7. The summed E-state index contributed by atoms with van der Waals surface area (Å²) in [4.78, 5) is 17.6. The van der Waals surface area contributed by atoms with Crippen molar-refractivity contribution >= 4 is 5.91 Å². The van der Waals surface area contributed by atoms with Gasteiger partial charge in [-0.15, -0.1) is 0 Å². The summed E-state index contributed by atoms with van der Waals surface area (Å²) in [5.41, 5.74) is 3.13. The van der Waals surface area contributed by atoms with Gasteiger partial charge in [-0.05, 0) is 51.1 Å². The van der Waals surface area contributed by atoms with E-state index in [0.29, 0.717) is 17.2 Å². The van der Waals surface area contributed by atoms with Crippen molar-refractivity contribution in [3.05, 3.63) is 35.4 Å². The highest BCUT2D eigenvalue weighted by atomic mass is 16.2. The second-order valence-electron chi connectivity index (χ2n) is 8.79. The Morgan fingerprint density at radius 3 is 2.76 bits per heavy atom. The van der Waals surface area contributed by atoms with Crippen LogP contribution in [0.1, 0.15) is 56.1 Å². The van der Waals surface area contributed by atoms with Gasteiger partial charge in [0.25, 0.3) is 0 Å². The maximum Gasteiger partial charge on any atom is 0.225 e. The van der Waals surface area contributed by atoms with Crippen molar-refractivity contribution in [3.8, 4) is 0 Å². The van der Waals surface area contributed by atoms with Crippen LogP contribution >= 0.6 is 0 Å². The van der Waals surface area contributed by atoms with Gasteiger partial charge in [0.15, 0.2) is 0 Å². The molecule has 3 aliphatic rings. The highest BCUT2D eigenvalue weighted by Crippen LogP contribution is 2.40. The molecule has 3 heteroatoms. The monoisotopic (exact) mass is 340 g/mol. The third kappa shape index (κ3) is 3.76. The summed E-state index contributed by atoms with van der Waals surface area (Å²) in [5, 5.41) is 0. The molecule has 1 spiro atoms. The SMILES string of the molecule is Cc1cccc(CN2CCCC3(CCN(C(=O)C4CCCC4)C3)C2)c1. The smallest absolute Gasteiger partial charge is 0.225 e. The van der Waals surface area contributed by atoms with E-state index in [1.165, 1.54) is 49.8 Å². The molecule has 1 saturated carbocycles. The lowest BCUT2D eigenvalue weighted by molar-refractivity contribution is -0.134. The van der Waals surface area contributed by atoms with Crippen molar-refractivity contribution in [2.75, 3.05) is 26.2 Å². The number of piperidine rings is 1. The van der Waals surface area contributed by atoms with Gasteiger partial charge < -0.3 is 4.90 Å². The van der Waals surface area contributed by atoms with Gasteiger partial charge in [0, 0.05) is 37.5 Å². The summed E-state index contributed by atoms with van der Waals surface area (Å²) in [6.07, 6.45) is 8.53. The van der Waals surface area contributed by atoms with Crippen LogP contribution in [0.5, 0.6) is 0 Å². The van der Waals surface area contributed by atoms with Crippen LogP contribution in [0.25, 0.3) is 0 Å². The molecule has 0 radical (unpaired) electrons. The molecule has 1 amide bonds. The fourth-order valence-corrected chi connectivity index (χ4v) is 5.40. The second-order valence-corrected chi connectivity index (χ2v) is 8.79. The van der Waals surface area contributed by atoms with Crippen molar-refractivity contribution in [1.29, 1.82) is 0 Å². The van der Waals surface area contributed by atoms with Crippen LogP contribution < -0.4 is 0 Å². The Morgan fingerprint density at radius 1 is 1.12 bits per heavy atom. The number of hydrogen-bond donors (Lipinski definition) is 0. The van der Waals surface area contributed by atoms with Crippen LogP contribution in [0.3, 0.4) is 0 Å². The van der Waals surface area contributed by atoms with Crippen molar-refractivity contribution in [2.24, 2.45) is 11.3 Å². The van der Waals surface area contributed by atoms with Crippen LogP contribution in [-0.4, -0.2) is 41.9 Å². The minimum atomic E-state index is 0.335. The van der Waals surface area contributed by atoms with Crippen LogP contribution in [0.4, 0.5) is 0 Å². The molecule has 1 aliphatic carbocycles. The molecule has 3 nitrogen and oxygen atoms in total. The Morgan fingerprint density at radius 2 is 1.96 bits per heavy atom. The molecule has 2 aliphatic heterocycles. The maximum atomic E-state index is 12.8. The molecule has 1 aromatic rings. The fourth-order valence-electron chi connectivity index (χ4n) is 5.40. The Labute approximate surface area is 152 Å². The third-order valence-electron chi connectivity index (χ3n) is 6.68. The second kappa shape index (κ2) is 7.11. The molecule has 0 aromatic heterocycles. The van der Waals surface area contributed by atoms with E-state index < -0.39 is 0 Å². The number of nitrogens with zero attached hydrogens (tertiary/aromatic N) is 2. The zero-order chi connectivity index (χ0) is 17.3. The summed E-state index contributed by atoms with van der Waals surface area (Å²) in [5.74, 6) is 0.798. The standard InChI is InChI=1S/C22H32N2O/c1-18-6-4-7-19(14-18)15-23-12-5-10-22(16-23)11-13-24(17-22)21(25)20-8-2-3-9-20/h4,6-7,14,20H,2-3,5,8-13,15-17H2,1H3. The third-order valence-corrected chi connectivity index (χ3v) is 6.68. The van der Waals surface area contributed by atoms with Crippen LogP contribution in [0, 0.1) is 18.3 Å². The Balaban J connectivity index is 1.38. The first-order valence-corrected chi connectivity index (χ1v) is 10.2. The van der Waals surface area contributed by atoms with Crippen LogP contribution in [-0.2, 0) is 11.3 Å². The van der Waals surface area contributed by atoms with E-state index in [4.69, 9.17) is 0 Å². The summed E-state index contributed by atoms with van der Waals surface area (Å²) >= 11 is 0. The summed E-state index contributed by atoms with van der Waals surface area (Å²) < 4.78 is 0. The lowest BCUT2D eigenvalue weighted by atomic mass is 9.79. The lowest BCUT2D eigenvalue weighted by Crippen LogP contribution is -2.45. The first-order chi connectivity index (χ1) is 12.1. The number of amides is 1. The molecule has 25 heavy (non-hydrogen) atoms. The predicted molar refractivity (Wildman–Crippen MR) is 101 cm³/mol. The molecule has 2 heterocycles. The van der Waals surface area contributed by atoms with Gasteiger partial charge in [0.1, 0.15) is 0 Å². The molecule has 0 bridgehead atoms. The number of hydrogen-bond acceptors (Lipinski definition) is 2.